The number of amides is 2. The molecule has 0 fully saturated rings. The third-order valence-electron chi connectivity index (χ3n) is 1.98. The van der Waals surface area contributed by atoms with E-state index in [1.54, 1.807) is 24.3 Å². The maximum Gasteiger partial charge on any atom is 0.319 e. The summed E-state index contributed by atoms with van der Waals surface area (Å²) in [4.78, 5) is 23.4. The van der Waals surface area contributed by atoms with Crippen molar-refractivity contribution in [1.29, 1.82) is 0 Å². The van der Waals surface area contributed by atoms with E-state index < -0.39 is 6.03 Å². The molecule has 4 heteroatoms. The second kappa shape index (κ2) is 3.91. The Morgan fingerprint density at radius 2 is 1.86 bits per heavy atom. The summed E-state index contributed by atoms with van der Waals surface area (Å²) < 4.78 is 0. The standard InChI is InChI=1S/C10H12N2O2/c1-7(13)8-5-3-4-6-9(8)12(2)10(11)14/h3-6H,1-2H3,(H2,11,14). The predicted octanol–water partition coefficient (Wildman–Crippen LogP) is 1.40. The molecule has 0 aliphatic carbocycles. The molecule has 0 unspecified atom stereocenters. The molecular weight excluding hydrogens is 180 g/mol. The molecule has 4 nitrogen and oxygen atoms in total. The number of anilines is 1. The van der Waals surface area contributed by atoms with Crippen molar-refractivity contribution in [3.63, 3.8) is 0 Å². The quantitative estimate of drug-likeness (QED) is 0.720. The van der Waals surface area contributed by atoms with Gasteiger partial charge in [-0.25, -0.2) is 4.79 Å². The second-order valence-corrected chi connectivity index (χ2v) is 2.97. The van der Waals surface area contributed by atoms with Gasteiger partial charge in [0.1, 0.15) is 0 Å². The molecule has 1 rings (SSSR count). The molecule has 2 amide bonds. The average Bonchev–Trinajstić information content (AvgIpc) is 2.16. The van der Waals surface area contributed by atoms with Gasteiger partial charge in [0.25, 0.3) is 0 Å². The molecule has 14 heavy (non-hydrogen) atoms. The largest absolute Gasteiger partial charge is 0.351 e. The average molecular weight is 192 g/mol. The number of nitrogens with two attached hydrogens (primary N) is 1. The van der Waals surface area contributed by atoms with Crippen molar-refractivity contribution in [1.82, 2.24) is 0 Å². The van der Waals surface area contributed by atoms with Crippen LogP contribution in [0.3, 0.4) is 0 Å². The van der Waals surface area contributed by atoms with Crippen LogP contribution in [-0.2, 0) is 0 Å². The zero-order valence-corrected chi connectivity index (χ0v) is 8.15. The highest BCUT2D eigenvalue weighted by Crippen LogP contribution is 2.19. The molecular formula is C10H12N2O2. The molecule has 0 saturated carbocycles. The summed E-state index contributed by atoms with van der Waals surface area (Å²) in [6, 6.07) is 6.26. The van der Waals surface area contributed by atoms with Gasteiger partial charge < -0.3 is 5.73 Å². The van der Waals surface area contributed by atoms with Crippen molar-refractivity contribution in [3.8, 4) is 0 Å². The van der Waals surface area contributed by atoms with Crippen molar-refractivity contribution in [3.05, 3.63) is 29.8 Å². The summed E-state index contributed by atoms with van der Waals surface area (Å²) in [5.41, 5.74) is 6.14. The summed E-state index contributed by atoms with van der Waals surface area (Å²) in [6.07, 6.45) is 0. The number of nitrogens with zero attached hydrogens (tertiary/aromatic N) is 1. The van der Waals surface area contributed by atoms with E-state index in [2.05, 4.69) is 0 Å². The Balaban J connectivity index is 3.19. The Morgan fingerprint density at radius 3 is 2.36 bits per heavy atom. The van der Waals surface area contributed by atoms with Crippen LogP contribution in [0.1, 0.15) is 17.3 Å². The first kappa shape index (κ1) is 10.2. The number of carbonyl (C=O) groups is 2. The first-order chi connectivity index (χ1) is 6.54. The lowest BCUT2D eigenvalue weighted by Crippen LogP contribution is -2.32. The molecule has 0 spiro atoms. The van der Waals surface area contributed by atoms with Gasteiger partial charge in [0, 0.05) is 12.6 Å². The minimum atomic E-state index is -0.585. The molecule has 0 aromatic heterocycles. The Bertz CT molecular complexity index is 374. The lowest BCUT2D eigenvalue weighted by atomic mass is 10.1. The van der Waals surface area contributed by atoms with Gasteiger partial charge in [-0.1, -0.05) is 12.1 Å². The van der Waals surface area contributed by atoms with Crippen LogP contribution in [0.4, 0.5) is 10.5 Å². The summed E-state index contributed by atoms with van der Waals surface area (Å²) in [7, 11) is 1.53. The minimum Gasteiger partial charge on any atom is -0.351 e. The van der Waals surface area contributed by atoms with Crippen molar-refractivity contribution < 1.29 is 9.59 Å². The number of carbonyl (C=O) groups excluding carboxylic acids is 2. The highest BCUT2D eigenvalue weighted by Gasteiger charge is 2.12. The normalized spacial score (nSPS) is 9.57. The van der Waals surface area contributed by atoms with Gasteiger partial charge in [-0.2, -0.15) is 0 Å². The second-order valence-electron chi connectivity index (χ2n) is 2.97. The summed E-state index contributed by atoms with van der Waals surface area (Å²) in [6.45, 7) is 1.45. The number of Topliss-reactive ketones (excluding diaryl/α,β-unsaturated/α-hetero) is 1. The number of urea groups is 1. The molecule has 0 saturated heterocycles. The third-order valence-corrected chi connectivity index (χ3v) is 1.98. The van der Waals surface area contributed by atoms with E-state index in [-0.39, 0.29) is 5.78 Å². The van der Waals surface area contributed by atoms with Crippen molar-refractivity contribution in [2.75, 3.05) is 11.9 Å². The van der Waals surface area contributed by atoms with Gasteiger partial charge in [-0.15, -0.1) is 0 Å². The van der Waals surface area contributed by atoms with E-state index in [9.17, 15) is 9.59 Å². The number of ketones is 1. The molecule has 0 bridgehead atoms. The van der Waals surface area contributed by atoms with E-state index in [0.29, 0.717) is 11.3 Å². The summed E-state index contributed by atoms with van der Waals surface area (Å²) >= 11 is 0. The smallest absolute Gasteiger partial charge is 0.319 e. The molecule has 0 aliphatic heterocycles. The maximum absolute atomic E-state index is 11.2. The van der Waals surface area contributed by atoms with E-state index in [1.807, 2.05) is 0 Å². The Labute approximate surface area is 82.3 Å². The van der Waals surface area contributed by atoms with Crippen molar-refractivity contribution >= 4 is 17.5 Å². The molecule has 74 valence electrons. The maximum atomic E-state index is 11.2. The first-order valence-electron chi connectivity index (χ1n) is 4.17. The van der Waals surface area contributed by atoms with Crippen molar-refractivity contribution in [2.45, 2.75) is 6.92 Å². The molecule has 0 atom stereocenters. The lowest BCUT2D eigenvalue weighted by molar-refractivity contribution is 0.101. The van der Waals surface area contributed by atoms with Gasteiger partial charge in [0.2, 0.25) is 0 Å². The van der Waals surface area contributed by atoms with Gasteiger partial charge in [0.15, 0.2) is 5.78 Å². The number of rotatable bonds is 2. The van der Waals surface area contributed by atoms with E-state index >= 15 is 0 Å². The van der Waals surface area contributed by atoms with Crippen LogP contribution in [0.2, 0.25) is 0 Å². The van der Waals surface area contributed by atoms with Gasteiger partial charge in [-0.05, 0) is 19.1 Å². The summed E-state index contributed by atoms with van der Waals surface area (Å²) in [5.74, 6) is -0.0892. The number of para-hydroxylation sites is 1. The highest BCUT2D eigenvalue weighted by molar-refractivity contribution is 6.03. The number of hydrogen-bond acceptors (Lipinski definition) is 2. The zero-order chi connectivity index (χ0) is 10.7. The van der Waals surface area contributed by atoms with Crippen molar-refractivity contribution in [2.24, 2.45) is 5.73 Å². The minimum absolute atomic E-state index is 0.0892. The molecule has 0 radical (unpaired) electrons. The van der Waals surface area contributed by atoms with E-state index in [1.165, 1.54) is 18.9 Å². The fraction of sp³-hybridized carbons (Fsp3) is 0.200. The number of benzene rings is 1. The topological polar surface area (TPSA) is 63.4 Å². The summed E-state index contributed by atoms with van der Waals surface area (Å²) in [5, 5.41) is 0. The van der Waals surface area contributed by atoms with Crippen LogP contribution in [0.15, 0.2) is 24.3 Å². The van der Waals surface area contributed by atoms with Crippen LogP contribution < -0.4 is 10.6 Å². The SMILES string of the molecule is CC(=O)c1ccccc1N(C)C(N)=O. The Hall–Kier alpha value is -1.84. The number of hydrogen-bond donors (Lipinski definition) is 1. The Kier molecular flexibility index (Phi) is 2.86. The molecule has 1 aromatic rings. The van der Waals surface area contributed by atoms with Crippen LogP contribution in [0, 0.1) is 0 Å². The van der Waals surface area contributed by atoms with Crippen LogP contribution in [-0.4, -0.2) is 18.9 Å². The predicted molar refractivity (Wildman–Crippen MR) is 54.4 cm³/mol. The highest BCUT2D eigenvalue weighted by atomic mass is 16.2. The zero-order valence-electron chi connectivity index (χ0n) is 8.15. The Morgan fingerprint density at radius 1 is 1.29 bits per heavy atom. The molecule has 0 heterocycles. The van der Waals surface area contributed by atoms with Gasteiger partial charge >= 0.3 is 6.03 Å². The molecule has 2 N–H and O–H groups in total. The molecule has 1 aromatic carbocycles. The van der Waals surface area contributed by atoms with Crippen LogP contribution in [0.25, 0.3) is 0 Å². The van der Waals surface area contributed by atoms with E-state index in [4.69, 9.17) is 5.73 Å². The monoisotopic (exact) mass is 192 g/mol. The van der Waals surface area contributed by atoms with Crippen LogP contribution in [0.5, 0.6) is 0 Å². The third kappa shape index (κ3) is 1.90. The lowest BCUT2D eigenvalue weighted by Gasteiger charge is -2.16. The van der Waals surface area contributed by atoms with Gasteiger partial charge in [0.05, 0.1) is 5.69 Å². The van der Waals surface area contributed by atoms with Crippen LogP contribution >= 0.6 is 0 Å². The fourth-order valence-corrected chi connectivity index (χ4v) is 1.18. The molecule has 0 aliphatic rings. The van der Waals surface area contributed by atoms with E-state index in [0.717, 1.165) is 0 Å². The van der Waals surface area contributed by atoms with Gasteiger partial charge in [-0.3, -0.25) is 9.69 Å². The number of primary amides is 1. The fourth-order valence-electron chi connectivity index (χ4n) is 1.18. The first-order valence-corrected chi connectivity index (χ1v) is 4.17.